The fraction of sp³-hybridized carbons (Fsp3) is 0.400. The molecule has 0 fully saturated rings. The zero-order valence-corrected chi connectivity index (χ0v) is 10.8. The predicted molar refractivity (Wildman–Crippen MR) is 67.1 cm³/mol. The molecule has 1 rings (SSSR count). The highest BCUT2D eigenvalue weighted by molar-refractivity contribution is 7.85. The Kier molecular flexibility index (Phi) is 4.76. The zero-order valence-electron chi connectivity index (χ0n) is 9.22. The molecule has 5 nitrogen and oxygen atoms in total. The molecule has 0 aliphatic carbocycles. The molecule has 1 aromatic rings. The van der Waals surface area contributed by atoms with Crippen LogP contribution in [0.4, 0.5) is 5.69 Å². The van der Waals surface area contributed by atoms with Crippen LogP contribution in [0.25, 0.3) is 0 Å². The number of halogens is 1. The monoisotopic (exact) mass is 279 g/mol. The van der Waals surface area contributed by atoms with Gasteiger partial charge in [-0.2, -0.15) is 8.42 Å². The Hall–Kier alpha value is -0.820. The molecule has 0 radical (unpaired) electrons. The van der Waals surface area contributed by atoms with E-state index in [4.69, 9.17) is 16.2 Å². The molecule has 0 aromatic heterocycles. The van der Waals surface area contributed by atoms with Gasteiger partial charge in [-0.15, -0.1) is 0 Å². The third kappa shape index (κ3) is 5.36. The summed E-state index contributed by atoms with van der Waals surface area (Å²) in [6, 6.07) is 5.22. The third-order valence-corrected chi connectivity index (χ3v) is 3.17. The topological polar surface area (TPSA) is 86.6 Å². The zero-order chi connectivity index (χ0) is 13.1. The number of hydrogen-bond donors (Lipinski definition) is 3. The number of hydrogen-bond acceptors (Lipinski definition) is 4. The van der Waals surface area contributed by atoms with Crippen molar-refractivity contribution in [3.05, 3.63) is 28.8 Å². The second-order valence-corrected chi connectivity index (χ2v) is 5.68. The Labute approximate surface area is 105 Å². The summed E-state index contributed by atoms with van der Waals surface area (Å²) in [5, 5.41) is 12.8. The molecule has 0 aliphatic heterocycles. The summed E-state index contributed by atoms with van der Waals surface area (Å²) in [7, 11) is -4.16. The van der Waals surface area contributed by atoms with Gasteiger partial charge in [-0.1, -0.05) is 17.7 Å². The lowest BCUT2D eigenvalue weighted by molar-refractivity contribution is 0.208. The highest BCUT2D eigenvalue weighted by Gasteiger charge is 2.14. The van der Waals surface area contributed by atoms with Crippen LogP contribution in [0, 0.1) is 6.92 Å². The van der Waals surface area contributed by atoms with Gasteiger partial charge in [0.05, 0.1) is 6.10 Å². The van der Waals surface area contributed by atoms with Gasteiger partial charge in [-0.05, 0) is 24.6 Å². The van der Waals surface area contributed by atoms with E-state index in [2.05, 4.69) is 5.32 Å². The second-order valence-electron chi connectivity index (χ2n) is 3.74. The van der Waals surface area contributed by atoms with Crippen LogP contribution < -0.4 is 5.32 Å². The van der Waals surface area contributed by atoms with Gasteiger partial charge in [0, 0.05) is 17.3 Å². The van der Waals surface area contributed by atoms with Gasteiger partial charge in [-0.3, -0.25) is 4.55 Å². The van der Waals surface area contributed by atoms with Gasteiger partial charge in [-0.25, -0.2) is 0 Å². The summed E-state index contributed by atoms with van der Waals surface area (Å²) in [5.74, 6) is -0.695. The van der Waals surface area contributed by atoms with Crippen molar-refractivity contribution in [3.8, 4) is 0 Å². The number of nitrogens with one attached hydrogen (secondary N) is 1. The minimum Gasteiger partial charge on any atom is -0.390 e. The van der Waals surface area contributed by atoms with Gasteiger partial charge in [0.15, 0.2) is 0 Å². The summed E-state index contributed by atoms with van der Waals surface area (Å²) >= 11 is 5.80. The molecule has 0 spiro atoms. The van der Waals surface area contributed by atoms with Crippen LogP contribution in [0.2, 0.25) is 5.02 Å². The molecule has 0 aliphatic rings. The Bertz CT molecular complexity index is 489. The molecule has 96 valence electrons. The van der Waals surface area contributed by atoms with Crippen molar-refractivity contribution >= 4 is 27.4 Å². The maximum Gasteiger partial charge on any atom is 0.267 e. The van der Waals surface area contributed by atoms with Crippen molar-refractivity contribution < 1.29 is 18.1 Å². The van der Waals surface area contributed by atoms with E-state index in [0.717, 1.165) is 5.56 Å². The van der Waals surface area contributed by atoms with Crippen molar-refractivity contribution in [2.75, 3.05) is 17.6 Å². The standard InChI is InChI=1S/C10H14ClNO4S/c1-7-2-3-8(11)4-10(7)12-5-9(13)6-17(14,15)16/h2-4,9,12-13H,5-6H2,1H3,(H,14,15,16). The number of rotatable bonds is 5. The lowest BCUT2D eigenvalue weighted by atomic mass is 10.2. The van der Waals surface area contributed by atoms with Crippen LogP contribution in [0.3, 0.4) is 0 Å². The largest absolute Gasteiger partial charge is 0.390 e. The highest BCUT2D eigenvalue weighted by Crippen LogP contribution is 2.19. The van der Waals surface area contributed by atoms with Gasteiger partial charge >= 0.3 is 0 Å². The number of aliphatic hydroxyl groups is 1. The predicted octanol–water partition coefficient (Wildman–Crippen LogP) is 1.31. The maximum atomic E-state index is 10.5. The molecule has 1 aromatic carbocycles. The normalized spacial score (nSPS) is 13.4. The van der Waals surface area contributed by atoms with E-state index in [-0.39, 0.29) is 6.54 Å². The van der Waals surface area contributed by atoms with Crippen LogP contribution in [-0.2, 0) is 10.1 Å². The average Bonchev–Trinajstić information content (AvgIpc) is 2.17. The van der Waals surface area contributed by atoms with E-state index in [9.17, 15) is 13.5 Å². The summed E-state index contributed by atoms with van der Waals surface area (Å²) in [5.41, 5.74) is 1.64. The lowest BCUT2D eigenvalue weighted by Crippen LogP contribution is -2.27. The van der Waals surface area contributed by atoms with Crippen LogP contribution in [0.5, 0.6) is 0 Å². The molecule has 17 heavy (non-hydrogen) atoms. The molecule has 7 heteroatoms. The van der Waals surface area contributed by atoms with Gasteiger partial charge in [0.2, 0.25) is 0 Å². The SMILES string of the molecule is Cc1ccc(Cl)cc1NCC(O)CS(=O)(=O)O. The Balaban J connectivity index is 2.58. The lowest BCUT2D eigenvalue weighted by Gasteiger charge is -2.13. The molecule has 1 atom stereocenters. The Morgan fingerprint density at radius 1 is 1.47 bits per heavy atom. The van der Waals surface area contributed by atoms with Crippen LogP contribution in [-0.4, -0.2) is 36.5 Å². The van der Waals surface area contributed by atoms with Crippen molar-refractivity contribution in [1.29, 1.82) is 0 Å². The van der Waals surface area contributed by atoms with Crippen molar-refractivity contribution in [1.82, 2.24) is 0 Å². The number of aryl methyl sites for hydroxylation is 1. The minimum absolute atomic E-state index is 0.0149. The summed E-state index contributed by atoms with van der Waals surface area (Å²) in [6.45, 7) is 1.87. The van der Waals surface area contributed by atoms with Gasteiger partial charge < -0.3 is 10.4 Å². The average molecular weight is 280 g/mol. The Morgan fingerprint density at radius 2 is 2.12 bits per heavy atom. The number of aliphatic hydroxyl groups excluding tert-OH is 1. The smallest absolute Gasteiger partial charge is 0.267 e. The highest BCUT2D eigenvalue weighted by atomic mass is 35.5. The first kappa shape index (κ1) is 14.2. The third-order valence-electron chi connectivity index (χ3n) is 2.13. The van der Waals surface area contributed by atoms with E-state index >= 15 is 0 Å². The molecule has 0 saturated heterocycles. The van der Waals surface area contributed by atoms with Gasteiger partial charge in [0.25, 0.3) is 10.1 Å². The molecular formula is C10H14ClNO4S. The van der Waals surface area contributed by atoms with E-state index < -0.39 is 22.0 Å². The molecular weight excluding hydrogens is 266 g/mol. The Morgan fingerprint density at radius 3 is 2.71 bits per heavy atom. The van der Waals surface area contributed by atoms with Gasteiger partial charge in [0.1, 0.15) is 5.75 Å². The summed E-state index contributed by atoms with van der Waals surface area (Å²) < 4.78 is 29.6. The van der Waals surface area contributed by atoms with E-state index in [1.54, 1.807) is 18.2 Å². The van der Waals surface area contributed by atoms with Crippen LogP contribution in [0.15, 0.2) is 18.2 Å². The number of benzene rings is 1. The first-order chi connectivity index (χ1) is 7.78. The quantitative estimate of drug-likeness (QED) is 0.708. The summed E-state index contributed by atoms with van der Waals surface area (Å²) in [4.78, 5) is 0. The van der Waals surface area contributed by atoms with E-state index in [1.165, 1.54) is 0 Å². The van der Waals surface area contributed by atoms with Crippen LogP contribution in [0.1, 0.15) is 5.56 Å². The molecule has 0 bridgehead atoms. The molecule has 1 unspecified atom stereocenters. The molecule has 0 heterocycles. The fourth-order valence-electron chi connectivity index (χ4n) is 1.31. The number of anilines is 1. The van der Waals surface area contributed by atoms with E-state index in [1.807, 2.05) is 6.92 Å². The van der Waals surface area contributed by atoms with E-state index in [0.29, 0.717) is 10.7 Å². The second kappa shape index (κ2) is 5.68. The van der Waals surface area contributed by atoms with Crippen molar-refractivity contribution in [3.63, 3.8) is 0 Å². The van der Waals surface area contributed by atoms with Crippen LogP contribution >= 0.6 is 11.6 Å². The summed E-state index contributed by atoms with van der Waals surface area (Å²) in [6.07, 6.45) is -1.18. The maximum absolute atomic E-state index is 10.5. The molecule has 0 amide bonds. The molecule has 3 N–H and O–H groups in total. The first-order valence-corrected chi connectivity index (χ1v) is 6.90. The molecule has 0 saturated carbocycles. The first-order valence-electron chi connectivity index (χ1n) is 4.91. The van der Waals surface area contributed by atoms with Crippen molar-refractivity contribution in [2.45, 2.75) is 13.0 Å². The fourth-order valence-corrected chi connectivity index (χ4v) is 2.09. The van der Waals surface area contributed by atoms with Crippen molar-refractivity contribution in [2.24, 2.45) is 0 Å². The minimum atomic E-state index is -4.16.